The third kappa shape index (κ3) is 2.16. The van der Waals surface area contributed by atoms with Crippen molar-refractivity contribution in [3.05, 3.63) is 29.2 Å². The van der Waals surface area contributed by atoms with Crippen LogP contribution in [0.15, 0.2) is 12.3 Å². The lowest BCUT2D eigenvalue weighted by Gasteiger charge is -2.32. The zero-order valence-corrected chi connectivity index (χ0v) is 12.1. The summed E-state index contributed by atoms with van der Waals surface area (Å²) in [4.78, 5) is 21.1. The van der Waals surface area contributed by atoms with Crippen LogP contribution in [0, 0.1) is 13.8 Å². The minimum atomic E-state index is 0.0538. The van der Waals surface area contributed by atoms with Crippen molar-refractivity contribution in [3.8, 4) is 0 Å². The van der Waals surface area contributed by atoms with E-state index in [1.807, 2.05) is 24.8 Å². The summed E-state index contributed by atoms with van der Waals surface area (Å²) in [6, 6.07) is 1.91. The van der Waals surface area contributed by atoms with Gasteiger partial charge in [0.2, 0.25) is 0 Å². The Balaban J connectivity index is 1.93. The summed E-state index contributed by atoms with van der Waals surface area (Å²) in [5.74, 6) is 0.0538. The number of carbonyl (C=O) groups is 1. The Morgan fingerprint density at radius 2 is 1.90 bits per heavy atom. The highest BCUT2D eigenvalue weighted by molar-refractivity contribution is 5.95. The summed E-state index contributed by atoms with van der Waals surface area (Å²) >= 11 is 0. The van der Waals surface area contributed by atoms with E-state index in [-0.39, 0.29) is 5.91 Å². The number of rotatable bonds is 1. The molecule has 0 saturated carbocycles. The molecule has 0 aromatic carbocycles. The van der Waals surface area contributed by atoms with Crippen LogP contribution in [-0.4, -0.2) is 63.5 Å². The van der Waals surface area contributed by atoms with Crippen molar-refractivity contribution in [3.63, 3.8) is 0 Å². The van der Waals surface area contributed by atoms with E-state index in [1.54, 1.807) is 10.7 Å². The van der Waals surface area contributed by atoms with E-state index < -0.39 is 0 Å². The number of aryl methyl sites for hydroxylation is 2. The van der Waals surface area contributed by atoms with Crippen molar-refractivity contribution in [1.29, 1.82) is 0 Å². The normalized spacial score (nSPS) is 16.9. The van der Waals surface area contributed by atoms with Gasteiger partial charge in [-0.2, -0.15) is 5.10 Å². The minimum Gasteiger partial charge on any atom is -0.336 e. The van der Waals surface area contributed by atoms with Crippen molar-refractivity contribution >= 4 is 11.6 Å². The Labute approximate surface area is 118 Å². The fraction of sp³-hybridized carbons (Fsp3) is 0.500. The summed E-state index contributed by atoms with van der Waals surface area (Å²) in [6.45, 7) is 7.22. The van der Waals surface area contributed by atoms with Crippen LogP contribution in [0.3, 0.4) is 0 Å². The fourth-order valence-electron chi connectivity index (χ4n) is 2.55. The topological polar surface area (TPSA) is 53.7 Å². The Morgan fingerprint density at radius 1 is 1.20 bits per heavy atom. The molecule has 3 rings (SSSR count). The zero-order valence-electron chi connectivity index (χ0n) is 12.1. The fourth-order valence-corrected chi connectivity index (χ4v) is 2.55. The third-order valence-corrected chi connectivity index (χ3v) is 3.87. The summed E-state index contributed by atoms with van der Waals surface area (Å²) in [5, 5.41) is 4.39. The molecule has 0 unspecified atom stereocenters. The predicted octanol–water partition coefficient (Wildman–Crippen LogP) is 0.734. The van der Waals surface area contributed by atoms with E-state index in [0.717, 1.165) is 43.2 Å². The molecule has 1 amide bonds. The van der Waals surface area contributed by atoms with Crippen molar-refractivity contribution in [2.45, 2.75) is 13.8 Å². The van der Waals surface area contributed by atoms with Crippen LogP contribution in [0.2, 0.25) is 0 Å². The predicted molar refractivity (Wildman–Crippen MR) is 75.9 cm³/mol. The van der Waals surface area contributed by atoms with Gasteiger partial charge in [0.15, 0.2) is 5.65 Å². The third-order valence-electron chi connectivity index (χ3n) is 3.87. The Hall–Kier alpha value is -1.95. The molecule has 106 valence electrons. The number of likely N-dealkylation sites (N-methyl/N-ethyl adjacent to an activating group) is 1. The molecular weight excluding hydrogens is 254 g/mol. The van der Waals surface area contributed by atoms with Gasteiger partial charge in [0.05, 0.1) is 17.0 Å². The van der Waals surface area contributed by atoms with Gasteiger partial charge in [0.1, 0.15) is 0 Å². The van der Waals surface area contributed by atoms with Gasteiger partial charge in [-0.05, 0) is 20.9 Å². The molecule has 1 saturated heterocycles. The summed E-state index contributed by atoms with van der Waals surface area (Å²) in [5.41, 5.74) is 3.19. The van der Waals surface area contributed by atoms with Crippen LogP contribution in [-0.2, 0) is 0 Å². The second kappa shape index (κ2) is 4.86. The number of hydrogen-bond acceptors (Lipinski definition) is 4. The van der Waals surface area contributed by atoms with Gasteiger partial charge in [-0.15, -0.1) is 0 Å². The van der Waals surface area contributed by atoms with Crippen molar-refractivity contribution in [2.75, 3.05) is 33.2 Å². The molecule has 3 heterocycles. The summed E-state index contributed by atoms with van der Waals surface area (Å²) in [7, 11) is 2.08. The Bertz CT molecular complexity index is 655. The van der Waals surface area contributed by atoms with Gasteiger partial charge in [0.25, 0.3) is 5.91 Å². The van der Waals surface area contributed by atoms with Gasteiger partial charge in [-0.3, -0.25) is 4.79 Å². The lowest BCUT2D eigenvalue weighted by molar-refractivity contribution is 0.0662. The molecule has 1 aliphatic heterocycles. The molecule has 0 radical (unpaired) electrons. The number of fused-ring (bicyclic) bond motifs is 1. The van der Waals surface area contributed by atoms with Crippen molar-refractivity contribution in [2.24, 2.45) is 0 Å². The molecule has 0 atom stereocenters. The van der Waals surface area contributed by atoms with Gasteiger partial charge in [-0.25, -0.2) is 9.50 Å². The SMILES string of the molecule is Cc1cc2ncc(C(=O)N3CCN(C)CC3)c(C)n2n1. The number of carbonyl (C=O) groups excluding carboxylic acids is 1. The van der Waals surface area contributed by atoms with E-state index >= 15 is 0 Å². The van der Waals surface area contributed by atoms with Crippen molar-refractivity contribution in [1.82, 2.24) is 24.4 Å². The molecule has 0 aliphatic carbocycles. The molecule has 6 nitrogen and oxygen atoms in total. The maximum atomic E-state index is 12.6. The van der Waals surface area contributed by atoms with E-state index in [4.69, 9.17) is 0 Å². The molecule has 0 N–H and O–H groups in total. The quantitative estimate of drug-likeness (QED) is 0.769. The van der Waals surface area contributed by atoms with Crippen LogP contribution < -0.4 is 0 Å². The smallest absolute Gasteiger partial charge is 0.257 e. The molecule has 1 aliphatic rings. The van der Waals surface area contributed by atoms with Crippen molar-refractivity contribution < 1.29 is 4.79 Å². The molecule has 0 bridgehead atoms. The van der Waals surface area contributed by atoms with Crippen LogP contribution in [0.5, 0.6) is 0 Å². The monoisotopic (exact) mass is 273 g/mol. The molecule has 0 spiro atoms. The highest BCUT2D eigenvalue weighted by Gasteiger charge is 2.23. The largest absolute Gasteiger partial charge is 0.336 e. The second-order valence-electron chi connectivity index (χ2n) is 5.41. The van der Waals surface area contributed by atoms with E-state index in [1.165, 1.54) is 0 Å². The first-order valence-corrected chi connectivity index (χ1v) is 6.86. The lowest BCUT2D eigenvalue weighted by Crippen LogP contribution is -2.47. The first-order chi connectivity index (χ1) is 9.56. The number of nitrogens with zero attached hydrogens (tertiary/aromatic N) is 5. The Morgan fingerprint density at radius 3 is 2.60 bits per heavy atom. The van der Waals surface area contributed by atoms with Crippen LogP contribution in [0.4, 0.5) is 0 Å². The summed E-state index contributed by atoms with van der Waals surface area (Å²) in [6.07, 6.45) is 1.67. The lowest BCUT2D eigenvalue weighted by atomic mass is 10.2. The first-order valence-electron chi connectivity index (χ1n) is 6.86. The van der Waals surface area contributed by atoms with E-state index in [2.05, 4.69) is 22.0 Å². The van der Waals surface area contributed by atoms with Crippen LogP contribution in [0.1, 0.15) is 21.7 Å². The molecule has 2 aromatic heterocycles. The molecular formula is C14H19N5O. The average molecular weight is 273 g/mol. The first kappa shape index (κ1) is 13.1. The van der Waals surface area contributed by atoms with E-state index in [0.29, 0.717) is 5.56 Å². The summed E-state index contributed by atoms with van der Waals surface area (Å²) < 4.78 is 1.75. The standard InChI is InChI=1S/C14H19N5O/c1-10-8-13-15-9-12(11(2)19(13)16-10)14(20)18-6-4-17(3)5-7-18/h8-9H,4-7H2,1-3H3. The maximum absolute atomic E-state index is 12.6. The number of hydrogen-bond donors (Lipinski definition) is 0. The highest BCUT2D eigenvalue weighted by Crippen LogP contribution is 2.14. The molecule has 1 fully saturated rings. The van der Waals surface area contributed by atoms with Gasteiger partial charge in [0, 0.05) is 38.4 Å². The van der Waals surface area contributed by atoms with Crippen LogP contribution in [0.25, 0.3) is 5.65 Å². The average Bonchev–Trinajstić information content (AvgIpc) is 2.81. The molecule has 20 heavy (non-hydrogen) atoms. The molecule has 2 aromatic rings. The Kier molecular flexibility index (Phi) is 3.17. The second-order valence-corrected chi connectivity index (χ2v) is 5.41. The number of aromatic nitrogens is 3. The number of amides is 1. The van der Waals surface area contributed by atoms with Gasteiger partial charge in [-0.1, -0.05) is 0 Å². The zero-order chi connectivity index (χ0) is 14.3. The van der Waals surface area contributed by atoms with Crippen LogP contribution >= 0.6 is 0 Å². The maximum Gasteiger partial charge on any atom is 0.257 e. The van der Waals surface area contributed by atoms with Gasteiger partial charge >= 0.3 is 0 Å². The number of piperazine rings is 1. The highest BCUT2D eigenvalue weighted by atomic mass is 16.2. The van der Waals surface area contributed by atoms with Gasteiger partial charge < -0.3 is 9.80 Å². The molecule has 6 heteroatoms. The minimum absolute atomic E-state index is 0.0538. The van der Waals surface area contributed by atoms with E-state index in [9.17, 15) is 4.79 Å².